The van der Waals surface area contributed by atoms with Crippen molar-refractivity contribution >= 4 is 46.0 Å². The average Bonchev–Trinajstić information content (AvgIpc) is 3.31. The number of halogens is 2. The average molecular weight is 459 g/mol. The number of benzene rings is 1. The summed E-state index contributed by atoms with van der Waals surface area (Å²) >= 11 is 13.0. The van der Waals surface area contributed by atoms with Crippen LogP contribution >= 0.6 is 23.2 Å². The smallest absolute Gasteiger partial charge is 0.246 e. The predicted molar refractivity (Wildman–Crippen MR) is 125 cm³/mol. The zero-order chi connectivity index (χ0) is 22.1. The third-order valence-corrected chi connectivity index (χ3v) is 6.08. The third kappa shape index (κ3) is 4.26. The number of fused-ring (bicyclic) bond motifs is 1. The summed E-state index contributed by atoms with van der Waals surface area (Å²) in [7, 11) is 3.93. The Hall–Kier alpha value is -2.61. The Labute approximate surface area is 191 Å². The van der Waals surface area contributed by atoms with Gasteiger partial charge in [0.15, 0.2) is 0 Å². The number of nitrogens with two attached hydrogens (primary N) is 1. The molecule has 0 saturated carbocycles. The molecule has 4 rings (SSSR count). The minimum absolute atomic E-state index is 0.00320. The largest absolute Gasteiger partial charge is 0.383 e. The van der Waals surface area contributed by atoms with Crippen molar-refractivity contribution in [2.75, 3.05) is 39.5 Å². The number of hydrogen-bond donors (Lipinski definition) is 1. The van der Waals surface area contributed by atoms with Crippen molar-refractivity contribution in [2.24, 2.45) is 0 Å². The first kappa shape index (κ1) is 21.6. The van der Waals surface area contributed by atoms with Crippen molar-refractivity contribution < 1.29 is 4.79 Å². The van der Waals surface area contributed by atoms with Gasteiger partial charge >= 0.3 is 0 Å². The number of amides is 1. The van der Waals surface area contributed by atoms with Gasteiger partial charge < -0.3 is 20.1 Å². The number of nitrogens with zero attached hydrogens (tertiary/aromatic N) is 5. The van der Waals surface area contributed by atoms with Crippen molar-refractivity contribution in [3.05, 3.63) is 52.9 Å². The zero-order valence-electron chi connectivity index (χ0n) is 17.4. The molecule has 9 heteroatoms. The van der Waals surface area contributed by atoms with Gasteiger partial charge in [0.25, 0.3) is 0 Å². The van der Waals surface area contributed by atoms with Gasteiger partial charge in [-0.25, -0.2) is 9.97 Å². The Morgan fingerprint density at radius 3 is 2.71 bits per heavy atom. The number of aromatic nitrogens is 3. The van der Waals surface area contributed by atoms with Gasteiger partial charge in [-0.05, 0) is 38.2 Å². The summed E-state index contributed by atoms with van der Waals surface area (Å²) < 4.78 is 1.98. The second-order valence-corrected chi connectivity index (χ2v) is 8.69. The van der Waals surface area contributed by atoms with Crippen LogP contribution in [0.15, 0.2) is 42.7 Å². The van der Waals surface area contributed by atoms with Gasteiger partial charge in [-0.15, -0.1) is 0 Å². The fourth-order valence-electron chi connectivity index (χ4n) is 3.96. The molecule has 1 aromatic carbocycles. The second-order valence-electron chi connectivity index (χ2n) is 7.89. The van der Waals surface area contributed by atoms with Crippen LogP contribution in [0.1, 0.15) is 12.5 Å². The maximum absolute atomic E-state index is 12.6. The first-order valence-corrected chi connectivity index (χ1v) is 10.8. The van der Waals surface area contributed by atoms with Gasteiger partial charge in [-0.3, -0.25) is 4.79 Å². The zero-order valence-corrected chi connectivity index (χ0v) is 18.9. The quantitative estimate of drug-likeness (QED) is 0.586. The second kappa shape index (κ2) is 8.86. The fraction of sp³-hybridized carbons (Fsp3) is 0.318. The van der Waals surface area contributed by atoms with Gasteiger partial charge in [0.05, 0.1) is 11.4 Å². The van der Waals surface area contributed by atoms with Crippen LogP contribution in [-0.4, -0.2) is 64.0 Å². The molecule has 0 radical (unpaired) electrons. The Balaban J connectivity index is 1.70. The molecule has 1 aliphatic rings. The van der Waals surface area contributed by atoms with E-state index in [1.807, 2.05) is 58.8 Å². The molecule has 0 aliphatic carbocycles. The van der Waals surface area contributed by atoms with Crippen molar-refractivity contribution in [3.8, 4) is 11.1 Å². The van der Waals surface area contributed by atoms with E-state index in [9.17, 15) is 4.79 Å². The van der Waals surface area contributed by atoms with E-state index >= 15 is 0 Å². The lowest BCUT2D eigenvalue weighted by molar-refractivity contribution is -0.125. The highest BCUT2D eigenvalue weighted by Gasteiger charge is 2.31. The fourth-order valence-corrected chi connectivity index (χ4v) is 4.51. The molecule has 7 nitrogen and oxygen atoms in total. The lowest BCUT2D eigenvalue weighted by Gasteiger charge is -2.17. The molecule has 2 aromatic heterocycles. The highest BCUT2D eigenvalue weighted by molar-refractivity contribution is 6.35. The lowest BCUT2D eigenvalue weighted by Crippen LogP contribution is -2.27. The molecule has 1 saturated heterocycles. The van der Waals surface area contributed by atoms with E-state index in [0.717, 1.165) is 24.1 Å². The normalized spacial score (nSPS) is 16.8. The summed E-state index contributed by atoms with van der Waals surface area (Å²) in [4.78, 5) is 25.1. The summed E-state index contributed by atoms with van der Waals surface area (Å²) in [5.41, 5.74) is 8.57. The molecule has 0 unspecified atom stereocenters. The summed E-state index contributed by atoms with van der Waals surface area (Å²) in [5, 5.41) is 1.89. The standard InChI is InChI=1S/C22H24Cl2N6O/c1-28(2)10-3-4-17(31)29-11-9-16(12-29)30-20(24)18(14-5-7-15(23)8-6-14)19-21(25)26-13-27-22(19)30/h3-8,13,16H,9-12H2,1-2H3,(H2,25,26,27)/t16-/m1/s1. The van der Waals surface area contributed by atoms with E-state index in [0.29, 0.717) is 40.1 Å². The van der Waals surface area contributed by atoms with Crippen LogP contribution in [-0.2, 0) is 4.79 Å². The topological polar surface area (TPSA) is 80.3 Å². The van der Waals surface area contributed by atoms with Crippen LogP contribution in [0.3, 0.4) is 0 Å². The molecule has 3 heterocycles. The van der Waals surface area contributed by atoms with Gasteiger partial charge in [0.2, 0.25) is 5.91 Å². The predicted octanol–water partition coefficient (Wildman–Crippen LogP) is 3.88. The van der Waals surface area contributed by atoms with Crippen molar-refractivity contribution in [3.63, 3.8) is 0 Å². The van der Waals surface area contributed by atoms with Gasteiger partial charge in [0.1, 0.15) is 22.9 Å². The van der Waals surface area contributed by atoms with Crippen molar-refractivity contribution in [1.82, 2.24) is 24.3 Å². The SMILES string of the molecule is CN(C)CC=CC(=O)N1CC[C@@H](n2c(Cl)c(-c3ccc(Cl)cc3)c3c(N)ncnc32)C1. The lowest BCUT2D eigenvalue weighted by atomic mass is 10.1. The number of hydrogen-bond acceptors (Lipinski definition) is 5. The molecule has 3 aromatic rings. The highest BCUT2D eigenvalue weighted by Crippen LogP contribution is 2.42. The minimum atomic E-state index is -0.00320. The summed E-state index contributed by atoms with van der Waals surface area (Å²) in [6.07, 6.45) is 5.73. The first-order chi connectivity index (χ1) is 14.9. The van der Waals surface area contributed by atoms with Crippen LogP contribution in [0.25, 0.3) is 22.2 Å². The molecule has 1 fully saturated rings. The number of nitrogen functional groups attached to an aromatic ring is 1. The summed E-state index contributed by atoms with van der Waals surface area (Å²) in [6, 6.07) is 7.43. The van der Waals surface area contributed by atoms with E-state index in [4.69, 9.17) is 28.9 Å². The molecule has 1 amide bonds. The van der Waals surface area contributed by atoms with Crippen LogP contribution < -0.4 is 5.73 Å². The Morgan fingerprint density at radius 2 is 2.00 bits per heavy atom. The maximum atomic E-state index is 12.6. The number of likely N-dealkylation sites (tertiary alicyclic amines) is 1. The first-order valence-electron chi connectivity index (χ1n) is 10.0. The van der Waals surface area contributed by atoms with Gasteiger partial charge in [-0.2, -0.15) is 0 Å². The molecule has 0 bridgehead atoms. The maximum Gasteiger partial charge on any atom is 0.246 e. The molecular formula is C22H24Cl2N6O. The minimum Gasteiger partial charge on any atom is -0.383 e. The number of carbonyl (C=O) groups excluding carboxylic acids is 1. The van der Waals surface area contributed by atoms with Crippen LogP contribution in [0.4, 0.5) is 5.82 Å². The van der Waals surface area contributed by atoms with E-state index in [-0.39, 0.29) is 11.9 Å². The van der Waals surface area contributed by atoms with Crippen LogP contribution in [0, 0.1) is 0 Å². The summed E-state index contributed by atoms with van der Waals surface area (Å²) in [5.74, 6) is 0.372. The number of likely N-dealkylation sites (N-methyl/N-ethyl adjacent to an activating group) is 1. The molecule has 0 spiro atoms. The third-order valence-electron chi connectivity index (χ3n) is 5.46. The molecular weight excluding hydrogens is 435 g/mol. The Morgan fingerprint density at radius 1 is 1.26 bits per heavy atom. The Bertz CT molecular complexity index is 1140. The number of carbonyl (C=O) groups is 1. The number of anilines is 1. The van der Waals surface area contributed by atoms with Gasteiger partial charge in [0, 0.05) is 36.3 Å². The van der Waals surface area contributed by atoms with Crippen LogP contribution in [0.5, 0.6) is 0 Å². The highest BCUT2D eigenvalue weighted by atomic mass is 35.5. The molecule has 31 heavy (non-hydrogen) atoms. The van der Waals surface area contributed by atoms with Crippen molar-refractivity contribution in [1.29, 1.82) is 0 Å². The molecule has 2 N–H and O–H groups in total. The van der Waals surface area contributed by atoms with Crippen molar-refractivity contribution in [2.45, 2.75) is 12.5 Å². The monoisotopic (exact) mass is 458 g/mol. The van der Waals surface area contributed by atoms with E-state index < -0.39 is 0 Å². The Kier molecular flexibility index (Phi) is 6.18. The van der Waals surface area contributed by atoms with E-state index in [1.54, 1.807) is 6.08 Å². The van der Waals surface area contributed by atoms with E-state index in [2.05, 4.69) is 9.97 Å². The van der Waals surface area contributed by atoms with E-state index in [1.165, 1.54) is 6.33 Å². The number of rotatable bonds is 5. The molecule has 162 valence electrons. The summed E-state index contributed by atoms with van der Waals surface area (Å²) in [6.45, 7) is 1.93. The molecule has 1 atom stereocenters. The van der Waals surface area contributed by atoms with Crippen LogP contribution in [0.2, 0.25) is 10.2 Å². The molecule has 1 aliphatic heterocycles. The van der Waals surface area contributed by atoms with Gasteiger partial charge in [-0.1, -0.05) is 41.4 Å².